The van der Waals surface area contributed by atoms with Crippen molar-refractivity contribution in [3.63, 3.8) is 0 Å². The Balaban J connectivity index is 2.63. The van der Waals surface area contributed by atoms with Gasteiger partial charge in [-0.25, -0.2) is 5.84 Å². The van der Waals surface area contributed by atoms with Crippen LogP contribution in [0.3, 0.4) is 0 Å². The van der Waals surface area contributed by atoms with Gasteiger partial charge in [-0.3, -0.25) is 10.2 Å². The van der Waals surface area contributed by atoms with E-state index in [2.05, 4.69) is 5.32 Å². The third-order valence-corrected chi connectivity index (χ3v) is 1.21. The number of dihydropyridines is 1. The first-order chi connectivity index (χ1) is 4.84. The van der Waals surface area contributed by atoms with Crippen LogP contribution in [-0.4, -0.2) is 12.5 Å². The minimum atomic E-state index is -0.252. The number of amides is 1. The molecule has 0 atom stereocenters. The largest absolute Gasteiger partial charge is 0.387 e. The van der Waals surface area contributed by atoms with E-state index in [1.54, 1.807) is 18.4 Å². The summed E-state index contributed by atoms with van der Waals surface area (Å²) < 4.78 is 0. The van der Waals surface area contributed by atoms with Gasteiger partial charge in [0.1, 0.15) is 0 Å². The third kappa shape index (κ3) is 1.35. The highest BCUT2D eigenvalue weighted by molar-refractivity contribution is 5.95. The van der Waals surface area contributed by atoms with Gasteiger partial charge in [0.05, 0.1) is 0 Å². The molecule has 0 aromatic carbocycles. The average molecular weight is 139 g/mol. The Kier molecular flexibility index (Phi) is 2.07. The van der Waals surface area contributed by atoms with Gasteiger partial charge in [-0.1, -0.05) is 6.08 Å². The molecule has 0 aliphatic carbocycles. The van der Waals surface area contributed by atoms with Crippen LogP contribution in [0.1, 0.15) is 0 Å². The van der Waals surface area contributed by atoms with Crippen molar-refractivity contribution in [2.75, 3.05) is 6.54 Å². The second-order valence-corrected chi connectivity index (χ2v) is 1.87. The highest BCUT2D eigenvalue weighted by atomic mass is 16.2. The molecule has 0 fully saturated rings. The van der Waals surface area contributed by atoms with Crippen LogP contribution in [0.2, 0.25) is 0 Å². The maximum absolute atomic E-state index is 10.8. The van der Waals surface area contributed by atoms with Crippen molar-refractivity contribution in [3.05, 3.63) is 23.9 Å². The van der Waals surface area contributed by atoms with Crippen molar-refractivity contribution in [3.8, 4) is 0 Å². The molecule has 54 valence electrons. The van der Waals surface area contributed by atoms with Gasteiger partial charge in [-0.2, -0.15) is 0 Å². The quantitative estimate of drug-likeness (QED) is 0.248. The summed E-state index contributed by atoms with van der Waals surface area (Å²) in [6.07, 6.45) is 5.15. The smallest absolute Gasteiger partial charge is 0.264 e. The number of carbonyl (C=O) groups excluding carboxylic acids is 1. The summed E-state index contributed by atoms with van der Waals surface area (Å²) in [5.41, 5.74) is 2.65. The van der Waals surface area contributed by atoms with Gasteiger partial charge in [0.2, 0.25) is 0 Å². The van der Waals surface area contributed by atoms with Gasteiger partial charge in [0.25, 0.3) is 5.91 Å². The summed E-state index contributed by atoms with van der Waals surface area (Å²) in [5, 5.41) is 2.92. The fourth-order valence-electron chi connectivity index (χ4n) is 0.705. The fraction of sp³-hybridized carbons (Fsp3) is 0.167. The van der Waals surface area contributed by atoms with Gasteiger partial charge in [-0.05, 0) is 12.3 Å². The van der Waals surface area contributed by atoms with Crippen LogP contribution in [0.25, 0.3) is 0 Å². The summed E-state index contributed by atoms with van der Waals surface area (Å²) in [7, 11) is 0. The predicted octanol–water partition coefficient (Wildman–Crippen LogP) is -0.980. The van der Waals surface area contributed by atoms with Crippen LogP contribution in [0.5, 0.6) is 0 Å². The molecule has 1 aliphatic rings. The standard InChI is InChI=1S/C6H9N3O/c7-9-6(10)5-1-3-8-4-2-5/h1-3,8H,4,7H2,(H,9,10). The Hall–Kier alpha value is -1.29. The first-order valence-electron chi connectivity index (χ1n) is 2.95. The van der Waals surface area contributed by atoms with Crippen molar-refractivity contribution in [2.45, 2.75) is 0 Å². The van der Waals surface area contributed by atoms with E-state index in [1.165, 1.54) is 0 Å². The summed E-state index contributed by atoms with van der Waals surface area (Å²) in [6.45, 7) is 0.680. The molecule has 1 heterocycles. The normalized spacial score (nSPS) is 15.5. The maximum atomic E-state index is 10.8. The average Bonchev–Trinajstić information content (AvgIpc) is 2.05. The molecule has 0 saturated heterocycles. The first kappa shape index (κ1) is 6.82. The number of nitrogens with two attached hydrogens (primary N) is 1. The Bertz CT molecular complexity index is 195. The first-order valence-corrected chi connectivity index (χ1v) is 2.95. The molecule has 1 amide bonds. The van der Waals surface area contributed by atoms with Crippen LogP contribution in [0, 0.1) is 0 Å². The summed E-state index contributed by atoms with van der Waals surface area (Å²) in [4.78, 5) is 10.8. The molecule has 0 radical (unpaired) electrons. The Morgan fingerprint density at radius 1 is 1.80 bits per heavy atom. The monoisotopic (exact) mass is 139 g/mol. The second kappa shape index (κ2) is 3.03. The lowest BCUT2D eigenvalue weighted by Gasteiger charge is -2.05. The summed E-state index contributed by atoms with van der Waals surface area (Å²) in [5.74, 6) is 4.66. The predicted molar refractivity (Wildman–Crippen MR) is 37.6 cm³/mol. The molecule has 0 spiro atoms. The van der Waals surface area contributed by atoms with E-state index in [0.717, 1.165) is 0 Å². The molecule has 0 unspecified atom stereocenters. The van der Waals surface area contributed by atoms with Gasteiger partial charge in [0, 0.05) is 12.1 Å². The highest BCUT2D eigenvalue weighted by Gasteiger charge is 2.04. The molecule has 4 N–H and O–H groups in total. The molecule has 0 bridgehead atoms. The number of carbonyl (C=O) groups is 1. The molecule has 10 heavy (non-hydrogen) atoms. The molecule has 0 saturated carbocycles. The van der Waals surface area contributed by atoms with E-state index < -0.39 is 0 Å². The molecule has 1 rings (SSSR count). The van der Waals surface area contributed by atoms with Gasteiger partial charge in [-0.15, -0.1) is 0 Å². The molecule has 0 aromatic rings. The molecule has 1 aliphatic heterocycles. The summed E-state index contributed by atoms with van der Waals surface area (Å²) in [6, 6.07) is 0. The van der Waals surface area contributed by atoms with E-state index in [4.69, 9.17) is 5.84 Å². The molecular formula is C6H9N3O. The zero-order valence-corrected chi connectivity index (χ0v) is 5.42. The van der Waals surface area contributed by atoms with Crippen molar-refractivity contribution >= 4 is 5.91 Å². The fourth-order valence-corrected chi connectivity index (χ4v) is 0.705. The molecule has 4 nitrogen and oxygen atoms in total. The van der Waals surface area contributed by atoms with E-state index in [1.807, 2.05) is 5.43 Å². The lowest BCUT2D eigenvalue weighted by molar-refractivity contribution is -0.117. The lowest BCUT2D eigenvalue weighted by atomic mass is 10.2. The van der Waals surface area contributed by atoms with E-state index in [-0.39, 0.29) is 5.91 Å². The highest BCUT2D eigenvalue weighted by Crippen LogP contribution is 1.98. The van der Waals surface area contributed by atoms with Crippen molar-refractivity contribution in [1.29, 1.82) is 0 Å². The minimum Gasteiger partial charge on any atom is -0.387 e. The molecule has 4 heteroatoms. The lowest BCUT2D eigenvalue weighted by Crippen LogP contribution is -2.32. The van der Waals surface area contributed by atoms with Crippen LogP contribution in [-0.2, 0) is 4.79 Å². The number of rotatable bonds is 1. The van der Waals surface area contributed by atoms with Crippen LogP contribution in [0.4, 0.5) is 0 Å². The van der Waals surface area contributed by atoms with Crippen LogP contribution in [0.15, 0.2) is 23.9 Å². The van der Waals surface area contributed by atoms with Crippen molar-refractivity contribution in [2.24, 2.45) is 5.84 Å². The third-order valence-electron chi connectivity index (χ3n) is 1.21. The number of hydrogen-bond donors (Lipinski definition) is 3. The molecular weight excluding hydrogens is 130 g/mol. The SMILES string of the molecule is NNC(=O)C1=CCNC=C1. The van der Waals surface area contributed by atoms with Gasteiger partial charge >= 0.3 is 0 Å². The Morgan fingerprint density at radius 3 is 3.10 bits per heavy atom. The number of hydrazine groups is 1. The van der Waals surface area contributed by atoms with E-state index in [9.17, 15) is 4.79 Å². The minimum absolute atomic E-state index is 0.252. The number of hydrogen-bond acceptors (Lipinski definition) is 3. The van der Waals surface area contributed by atoms with Crippen LogP contribution >= 0.6 is 0 Å². The van der Waals surface area contributed by atoms with E-state index in [0.29, 0.717) is 12.1 Å². The molecule has 0 aromatic heterocycles. The van der Waals surface area contributed by atoms with Gasteiger partial charge < -0.3 is 5.32 Å². The van der Waals surface area contributed by atoms with Crippen LogP contribution < -0.4 is 16.6 Å². The Morgan fingerprint density at radius 2 is 2.60 bits per heavy atom. The zero-order valence-electron chi connectivity index (χ0n) is 5.42. The van der Waals surface area contributed by atoms with Crippen molar-refractivity contribution < 1.29 is 4.79 Å². The van der Waals surface area contributed by atoms with Crippen molar-refractivity contribution in [1.82, 2.24) is 10.7 Å². The number of nitrogens with one attached hydrogen (secondary N) is 2. The Labute approximate surface area is 58.8 Å². The second-order valence-electron chi connectivity index (χ2n) is 1.87. The summed E-state index contributed by atoms with van der Waals surface area (Å²) >= 11 is 0. The topological polar surface area (TPSA) is 67.1 Å². The zero-order chi connectivity index (χ0) is 7.40. The van der Waals surface area contributed by atoms with Gasteiger partial charge in [0.15, 0.2) is 0 Å². The van der Waals surface area contributed by atoms with E-state index >= 15 is 0 Å². The maximum Gasteiger partial charge on any atom is 0.264 e.